The zero-order valence-electron chi connectivity index (χ0n) is 13.2. The second-order valence-corrected chi connectivity index (χ2v) is 6.40. The molecule has 1 aliphatic carbocycles. The van der Waals surface area contributed by atoms with Crippen molar-refractivity contribution in [3.05, 3.63) is 23.8 Å². The Hall–Kier alpha value is -1.75. The molecule has 1 heterocycles. The number of benzene rings is 1. The van der Waals surface area contributed by atoms with Crippen LogP contribution in [0.3, 0.4) is 0 Å². The fourth-order valence-corrected chi connectivity index (χ4v) is 4.09. The first-order chi connectivity index (χ1) is 10.6. The Morgan fingerprint density at radius 2 is 2.23 bits per heavy atom. The smallest absolute Gasteiger partial charge is 0.311 e. The van der Waals surface area contributed by atoms with Gasteiger partial charge in [-0.2, -0.15) is 0 Å². The van der Waals surface area contributed by atoms with E-state index in [2.05, 4.69) is 4.90 Å². The molecule has 5 heteroatoms. The van der Waals surface area contributed by atoms with Crippen molar-refractivity contribution in [3.63, 3.8) is 0 Å². The van der Waals surface area contributed by atoms with E-state index in [-0.39, 0.29) is 5.92 Å². The number of carboxylic acids is 1. The van der Waals surface area contributed by atoms with E-state index >= 15 is 0 Å². The van der Waals surface area contributed by atoms with Crippen molar-refractivity contribution < 1.29 is 19.4 Å². The SMILES string of the molecule is COc1ccc(CN2C[C@@H]3CCC[C@@]3(C(=O)O)C2)c(OC)c1. The van der Waals surface area contributed by atoms with E-state index in [9.17, 15) is 9.90 Å². The number of rotatable bonds is 5. The minimum Gasteiger partial charge on any atom is -0.497 e. The van der Waals surface area contributed by atoms with E-state index in [4.69, 9.17) is 9.47 Å². The first-order valence-corrected chi connectivity index (χ1v) is 7.76. The molecule has 1 saturated heterocycles. The molecule has 2 fully saturated rings. The van der Waals surface area contributed by atoms with Crippen LogP contribution in [0.2, 0.25) is 0 Å². The van der Waals surface area contributed by atoms with Gasteiger partial charge in [0.25, 0.3) is 0 Å². The van der Waals surface area contributed by atoms with Crippen molar-refractivity contribution >= 4 is 5.97 Å². The van der Waals surface area contributed by atoms with Gasteiger partial charge in [0.05, 0.1) is 19.6 Å². The van der Waals surface area contributed by atoms with Crippen molar-refractivity contribution in [3.8, 4) is 11.5 Å². The zero-order valence-corrected chi connectivity index (χ0v) is 13.2. The second-order valence-electron chi connectivity index (χ2n) is 6.40. The van der Waals surface area contributed by atoms with Gasteiger partial charge in [-0.25, -0.2) is 0 Å². The molecule has 2 aliphatic rings. The third kappa shape index (κ3) is 2.43. The van der Waals surface area contributed by atoms with Gasteiger partial charge in [0.15, 0.2) is 0 Å². The number of carbonyl (C=O) groups is 1. The fourth-order valence-electron chi connectivity index (χ4n) is 4.09. The predicted molar refractivity (Wildman–Crippen MR) is 82.2 cm³/mol. The first-order valence-electron chi connectivity index (χ1n) is 7.76. The summed E-state index contributed by atoms with van der Waals surface area (Å²) >= 11 is 0. The summed E-state index contributed by atoms with van der Waals surface area (Å²) in [6.07, 6.45) is 2.88. The second kappa shape index (κ2) is 5.80. The zero-order chi connectivity index (χ0) is 15.7. The maximum atomic E-state index is 11.7. The van der Waals surface area contributed by atoms with E-state index in [0.29, 0.717) is 6.54 Å². The number of fused-ring (bicyclic) bond motifs is 1. The summed E-state index contributed by atoms with van der Waals surface area (Å²) < 4.78 is 10.7. The summed E-state index contributed by atoms with van der Waals surface area (Å²) in [6.45, 7) is 2.22. The molecule has 1 saturated carbocycles. The van der Waals surface area contributed by atoms with Crippen LogP contribution in [0.5, 0.6) is 11.5 Å². The van der Waals surface area contributed by atoms with Crippen LogP contribution in [-0.4, -0.2) is 43.3 Å². The normalized spacial score (nSPS) is 27.6. The quantitative estimate of drug-likeness (QED) is 0.905. The highest BCUT2D eigenvalue weighted by Gasteiger charge is 2.54. The van der Waals surface area contributed by atoms with Crippen LogP contribution in [-0.2, 0) is 11.3 Å². The lowest BCUT2D eigenvalue weighted by Gasteiger charge is -2.23. The molecule has 0 radical (unpaired) electrons. The van der Waals surface area contributed by atoms with Crippen molar-refractivity contribution in [2.45, 2.75) is 25.8 Å². The van der Waals surface area contributed by atoms with Crippen LogP contribution < -0.4 is 9.47 Å². The van der Waals surface area contributed by atoms with Gasteiger partial charge in [0.1, 0.15) is 11.5 Å². The lowest BCUT2D eigenvalue weighted by atomic mass is 9.81. The van der Waals surface area contributed by atoms with Crippen LogP contribution in [0.25, 0.3) is 0 Å². The first kappa shape index (κ1) is 15.2. The van der Waals surface area contributed by atoms with E-state index < -0.39 is 11.4 Å². The summed E-state index contributed by atoms with van der Waals surface area (Å²) in [6, 6.07) is 5.79. The molecule has 0 amide bonds. The average molecular weight is 305 g/mol. The molecule has 3 rings (SSSR count). The number of aliphatic carboxylic acids is 1. The van der Waals surface area contributed by atoms with Gasteiger partial charge in [0.2, 0.25) is 0 Å². The summed E-state index contributed by atoms with van der Waals surface area (Å²) in [5.74, 6) is 1.22. The molecule has 22 heavy (non-hydrogen) atoms. The van der Waals surface area contributed by atoms with Crippen molar-refractivity contribution in [2.24, 2.45) is 11.3 Å². The lowest BCUT2D eigenvalue weighted by molar-refractivity contribution is -0.149. The third-order valence-corrected chi connectivity index (χ3v) is 5.26. The van der Waals surface area contributed by atoms with Crippen LogP contribution >= 0.6 is 0 Å². The molecule has 0 unspecified atom stereocenters. The molecule has 1 aromatic carbocycles. The molecule has 1 aromatic rings. The van der Waals surface area contributed by atoms with Crippen LogP contribution in [0.4, 0.5) is 0 Å². The monoisotopic (exact) mass is 305 g/mol. The van der Waals surface area contributed by atoms with Crippen molar-refractivity contribution in [2.75, 3.05) is 27.3 Å². The number of carboxylic acid groups (broad SMARTS) is 1. The van der Waals surface area contributed by atoms with Gasteiger partial charge in [-0.3, -0.25) is 9.69 Å². The molecular weight excluding hydrogens is 282 g/mol. The molecular formula is C17H23NO4. The van der Waals surface area contributed by atoms with Gasteiger partial charge in [-0.05, 0) is 24.8 Å². The summed E-state index contributed by atoms with van der Waals surface area (Å²) in [7, 11) is 3.28. The van der Waals surface area contributed by atoms with Gasteiger partial charge in [-0.15, -0.1) is 0 Å². The summed E-state index contributed by atoms with van der Waals surface area (Å²) in [4.78, 5) is 14.0. The Morgan fingerprint density at radius 1 is 1.41 bits per heavy atom. The fraction of sp³-hybridized carbons (Fsp3) is 0.588. The van der Waals surface area contributed by atoms with Crippen molar-refractivity contribution in [1.82, 2.24) is 4.90 Å². The van der Waals surface area contributed by atoms with Crippen LogP contribution in [0, 0.1) is 11.3 Å². The summed E-state index contributed by atoms with van der Waals surface area (Å²) in [5, 5.41) is 9.66. The van der Waals surface area contributed by atoms with E-state index in [0.717, 1.165) is 49.4 Å². The molecule has 5 nitrogen and oxygen atoms in total. The number of hydrogen-bond acceptors (Lipinski definition) is 4. The molecule has 120 valence electrons. The van der Waals surface area contributed by atoms with E-state index in [1.54, 1.807) is 14.2 Å². The van der Waals surface area contributed by atoms with Gasteiger partial charge < -0.3 is 14.6 Å². The molecule has 2 atom stereocenters. The predicted octanol–water partition coefficient (Wildman–Crippen LogP) is 2.39. The lowest BCUT2D eigenvalue weighted by Crippen LogP contribution is -2.35. The average Bonchev–Trinajstić information content (AvgIpc) is 3.05. The van der Waals surface area contributed by atoms with E-state index in [1.165, 1.54) is 0 Å². The minimum atomic E-state index is -0.626. The van der Waals surface area contributed by atoms with Gasteiger partial charge in [-0.1, -0.05) is 12.5 Å². The number of likely N-dealkylation sites (tertiary alicyclic amines) is 1. The Balaban J connectivity index is 1.77. The molecule has 0 bridgehead atoms. The maximum absolute atomic E-state index is 11.7. The number of nitrogens with zero attached hydrogens (tertiary/aromatic N) is 1. The van der Waals surface area contributed by atoms with E-state index in [1.807, 2.05) is 18.2 Å². The highest BCUT2D eigenvalue weighted by Crippen LogP contribution is 2.49. The van der Waals surface area contributed by atoms with Crippen LogP contribution in [0.1, 0.15) is 24.8 Å². The Bertz CT molecular complexity index is 574. The summed E-state index contributed by atoms with van der Waals surface area (Å²) in [5.41, 5.74) is 0.545. The Morgan fingerprint density at radius 3 is 2.86 bits per heavy atom. The third-order valence-electron chi connectivity index (χ3n) is 5.26. The molecule has 1 N–H and O–H groups in total. The van der Waals surface area contributed by atoms with Gasteiger partial charge in [0, 0.05) is 31.3 Å². The van der Waals surface area contributed by atoms with Crippen LogP contribution in [0.15, 0.2) is 18.2 Å². The Labute approximate surface area is 130 Å². The molecule has 0 aromatic heterocycles. The topological polar surface area (TPSA) is 59.0 Å². The largest absolute Gasteiger partial charge is 0.497 e. The number of hydrogen-bond donors (Lipinski definition) is 1. The molecule has 0 spiro atoms. The molecule has 1 aliphatic heterocycles. The number of methoxy groups -OCH3 is 2. The minimum absolute atomic E-state index is 0.286. The number of ether oxygens (including phenoxy) is 2. The van der Waals surface area contributed by atoms with Crippen molar-refractivity contribution in [1.29, 1.82) is 0 Å². The highest BCUT2D eigenvalue weighted by molar-refractivity contribution is 5.76. The van der Waals surface area contributed by atoms with Gasteiger partial charge >= 0.3 is 5.97 Å². The Kier molecular flexibility index (Phi) is 4.00. The maximum Gasteiger partial charge on any atom is 0.311 e. The highest BCUT2D eigenvalue weighted by atomic mass is 16.5. The standard InChI is InChI=1S/C17H23NO4/c1-21-14-6-5-12(15(8-14)22-2)9-18-10-13-4-3-7-17(13,11-18)16(19)20/h5-6,8,13H,3-4,7,9-11H2,1-2H3,(H,19,20)/t13-,17+/m0/s1.